The zero-order valence-corrected chi connectivity index (χ0v) is 15.6. The van der Waals surface area contributed by atoms with Gasteiger partial charge in [0.2, 0.25) is 6.34 Å². The number of rotatable bonds is 2. The molecule has 2 aromatic carbocycles. The van der Waals surface area contributed by atoms with Crippen molar-refractivity contribution >= 4 is 17.7 Å². The molecule has 7 heteroatoms. The van der Waals surface area contributed by atoms with E-state index < -0.39 is 34.3 Å². The number of hydrogen-bond donors (Lipinski definition) is 0. The minimum Gasteiger partial charge on any atom is -1.00 e. The van der Waals surface area contributed by atoms with Gasteiger partial charge < -0.3 is 12.4 Å². The maximum Gasteiger partial charge on any atom is 0.246 e. The summed E-state index contributed by atoms with van der Waals surface area (Å²) in [6.45, 7) is 7.09. The first-order chi connectivity index (χ1) is 11.6. The Kier molecular flexibility index (Phi) is 5.12. The van der Waals surface area contributed by atoms with Gasteiger partial charge in [-0.05, 0) is 52.0 Å². The van der Waals surface area contributed by atoms with Crippen LogP contribution in [-0.4, -0.2) is 22.0 Å². The van der Waals surface area contributed by atoms with Crippen molar-refractivity contribution in [1.82, 2.24) is 0 Å². The van der Waals surface area contributed by atoms with E-state index in [9.17, 15) is 17.6 Å². The highest BCUT2D eigenvalue weighted by atomic mass is 35.5. The van der Waals surface area contributed by atoms with Gasteiger partial charge in [0.25, 0.3) is 0 Å². The first kappa shape index (κ1) is 20.2. The quantitative estimate of drug-likeness (QED) is 0.565. The van der Waals surface area contributed by atoms with Crippen LogP contribution in [0.4, 0.5) is 28.9 Å². The summed E-state index contributed by atoms with van der Waals surface area (Å²) in [4.78, 5) is 1.39. The van der Waals surface area contributed by atoms with Crippen LogP contribution in [0.1, 0.15) is 27.7 Å². The summed E-state index contributed by atoms with van der Waals surface area (Å²) in [5, 5.41) is 0. The third-order valence-corrected chi connectivity index (χ3v) is 5.29. The molecule has 0 spiro atoms. The Morgan fingerprint density at radius 3 is 1.65 bits per heavy atom. The molecule has 1 aliphatic heterocycles. The average Bonchev–Trinajstić information content (AvgIpc) is 2.67. The molecule has 0 unspecified atom stereocenters. The molecular formula is C19H19ClF4N2. The van der Waals surface area contributed by atoms with E-state index in [0.29, 0.717) is 0 Å². The van der Waals surface area contributed by atoms with E-state index in [1.54, 1.807) is 27.7 Å². The van der Waals surface area contributed by atoms with Crippen LogP contribution in [0.3, 0.4) is 0 Å². The third-order valence-electron chi connectivity index (χ3n) is 5.29. The number of para-hydroxylation sites is 2. The van der Waals surface area contributed by atoms with Gasteiger partial charge in [0, 0.05) is 0 Å². The van der Waals surface area contributed by atoms with Crippen molar-refractivity contribution in [3.63, 3.8) is 0 Å². The zero-order valence-electron chi connectivity index (χ0n) is 14.8. The molecule has 2 nitrogen and oxygen atoms in total. The summed E-state index contributed by atoms with van der Waals surface area (Å²) >= 11 is 0. The lowest BCUT2D eigenvalue weighted by atomic mass is 9.81. The highest BCUT2D eigenvalue weighted by Crippen LogP contribution is 2.43. The Labute approximate surface area is 156 Å². The van der Waals surface area contributed by atoms with E-state index in [-0.39, 0.29) is 23.8 Å². The number of anilines is 1. The minimum atomic E-state index is -0.856. The molecule has 26 heavy (non-hydrogen) atoms. The highest BCUT2D eigenvalue weighted by Gasteiger charge is 2.58. The lowest BCUT2D eigenvalue weighted by Crippen LogP contribution is -3.00. The van der Waals surface area contributed by atoms with E-state index in [1.165, 1.54) is 27.9 Å². The second-order valence-corrected chi connectivity index (χ2v) is 7.11. The largest absolute Gasteiger partial charge is 1.00 e. The fourth-order valence-corrected chi connectivity index (χ4v) is 3.11. The molecule has 0 saturated heterocycles. The van der Waals surface area contributed by atoms with E-state index in [2.05, 4.69) is 0 Å². The molecule has 0 amide bonds. The van der Waals surface area contributed by atoms with Crippen LogP contribution in [0, 0.1) is 23.3 Å². The van der Waals surface area contributed by atoms with Crippen LogP contribution >= 0.6 is 0 Å². The van der Waals surface area contributed by atoms with E-state index >= 15 is 0 Å². The number of hydrogen-bond acceptors (Lipinski definition) is 1. The van der Waals surface area contributed by atoms with Crippen molar-refractivity contribution in [3.05, 3.63) is 59.7 Å². The molecule has 140 valence electrons. The fraction of sp³-hybridized carbons (Fsp3) is 0.316. The SMILES string of the molecule is CC1(C)N(c2c(F)cccc2F)C=[N+](c2c(F)cccc2F)C1(C)C.[Cl-]. The molecule has 0 radical (unpaired) electrons. The summed E-state index contributed by atoms with van der Waals surface area (Å²) in [6, 6.07) is 7.17. The van der Waals surface area contributed by atoms with Crippen molar-refractivity contribution in [2.45, 2.75) is 38.8 Å². The van der Waals surface area contributed by atoms with Gasteiger partial charge in [-0.3, -0.25) is 0 Å². The predicted molar refractivity (Wildman–Crippen MR) is 89.3 cm³/mol. The summed E-state index contributed by atoms with van der Waals surface area (Å²) in [7, 11) is 0. The summed E-state index contributed by atoms with van der Waals surface area (Å²) < 4.78 is 58.7. The van der Waals surface area contributed by atoms with E-state index in [1.807, 2.05) is 0 Å². The van der Waals surface area contributed by atoms with Crippen LogP contribution in [0.5, 0.6) is 0 Å². The monoisotopic (exact) mass is 386 g/mol. The van der Waals surface area contributed by atoms with Gasteiger partial charge in [-0.25, -0.2) is 27.0 Å². The van der Waals surface area contributed by atoms with Gasteiger partial charge in [-0.15, -0.1) is 0 Å². The topological polar surface area (TPSA) is 6.25 Å². The van der Waals surface area contributed by atoms with Crippen LogP contribution in [-0.2, 0) is 0 Å². The van der Waals surface area contributed by atoms with E-state index in [4.69, 9.17) is 0 Å². The normalized spacial score (nSPS) is 17.7. The van der Waals surface area contributed by atoms with E-state index in [0.717, 1.165) is 24.3 Å². The molecule has 1 aliphatic rings. The van der Waals surface area contributed by atoms with Crippen molar-refractivity contribution < 1.29 is 34.5 Å². The molecule has 0 N–H and O–H groups in total. The maximum atomic E-state index is 14.3. The number of halogens is 5. The summed E-state index contributed by atoms with van der Waals surface area (Å²) in [5.41, 5.74) is -2.21. The molecule has 3 rings (SSSR count). The van der Waals surface area contributed by atoms with Crippen LogP contribution < -0.4 is 17.3 Å². The molecule has 1 heterocycles. The molecule has 0 bridgehead atoms. The van der Waals surface area contributed by atoms with Gasteiger partial charge in [0.15, 0.2) is 34.6 Å². The lowest BCUT2D eigenvalue weighted by molar-refractivity contribution is -0.524. The van der Waals surface area contributed by atoms with Crippen molar-refractivity contribution in [1.29, 1.82) is 0 Å². The Hall–Kier alpha value is -2.08. The Bertz CT molecular complexity index is 837. The number of nitrogens with zero attached hydrogens (tertiary/aromatic N) is 2. The van der Waals surface area contributed by atoms with Crippen molar-refractivity contribution in [3.8, 4) is 0 Å². The minimum absolute atomic E-state index is 0. The first-order valence-corrected chi connectivity index (χ1v) is 7.90. The van der Waals surface area contributed by atoms with Crippen LogP contribution in [0.2, 0.25) is 0 Å². The standard InChI is InChI=1S/C19H19F4N2.ClH/c1-18(2)19(3,4)25(17-14(22)9-6-10-15(17)23)11-24(18)16-12(20)7-5-8-13(16)21;/h5-11H,1-4H3;1H/q+1;/p-1. The maximum absolute atomic E-state index is 14.3. The van der Waals surface area contributed by atoms with Gasteiger partial charge in [-0.2, -0.15) is 0 Å². The van der Waals surface area contributed by atoms with Crippen LogP contribution in [0.25, 0.3) is 0 Å². The van der Waals surface area contributed by atoms with Gasteiger partial charge in [0.1, 0.15) is 11.1 Å². The smallest absolute Gasteiger partial charge is 0.246 e. The van der Waals surface area contributed by atoms with Gasteiger partial charge in [-0.1, -0.05) is 12.1 Å². The summed E-state index contributed by atoms with van der Waals surface area (Å²) in [5.74, 6) is -2.96. The highest BCUT2D eigenvalue weighted by molar-refractivity contribution is 5.82. The summed E-state index contributed by atoms with van der Waals surface area (Å²) in [6.07, 6.45) is 1.36. The molecular weight excluding hydrogens is 368 g/mol. The van der Waals surface area contributed by atoms with Crippen LogP contribution in [0.15, 0.2) is 36.4 Å². The van der Waals surface area contributed by atoms with Gasteiger partial charge >= 0.3 is 0 Å². The molecule has 0 saturated carbocycles. The van der Waals surface area contributed by atoms with Crippen molar-refractivity contribution in [2.24, 2.45) is 0 Å². The third kappa shape index (κ3) is 2.76. The Balaban J connectivity index is 0.00000243. The Morgan fingerprint density at radius 2 is 1.19 bits per heavy atom. The molecule has 0 fully saturated rings. The Morgan fingerprint density at radius 1 is 0.769 bits per heavy atom. The molecule has 0 aliphatic carbocycles. The molecule has 0 aromatic heterocycles. The number of benzene rings is 2. The van der Waals surface area contributed by atoms with Gasteiger partial charge in [0.05, 0.1) is 0 Å². The average molecular weight is 387 g/mol. The lowest BCUT2D eigenvalue weighted by Gasteiger charge is -2.35. The van der Waals surface area contributed by atoms with Crippen molar-refractivity contribution in [2.75, 3.05) is 4.90 Å². The first-order valence-electron chi connectivity index (χ1n) is 7.90. The fourth-order valence-electron chi connectivity index (χ4n) is 3.11. The molecule has 0 atom stereocenters. The zero-order chi connectivity index (χ0) is 18.6. The predicted octanol–water partition coefficient (Wildman–Crippen LogP) is 2.00. The second-order valence-electron chi connectivity index (χ2n) is 7.11. The molecule has 2 aromatic rings. The second kappa shape index (κ2) is 6.58.